The molecule has 0 saturated heterocycles. The fourth-order valence-electron chi connectivity index (χ4n) is 4.76. The van der Waals surface area contributed by atoms with Gasteiger partial charge >= 0.3 is 18.3 Å². The zero-order valence-electron chi connectivity index (χ0n) is 23.9. The van der Waals surface area contributed by atoms with Crippen LogP contribution in [0, 0.1) is 5.41 Å². The summed E-state index contributed by atoms with van der Waals surface area (Å²) < 4.78 is 17.1. The van der Waals surface area contributed by atoms with Crippen molar-refractivity contribution in [2.45, 2.75) is 91.2 Å². The lowest BCUT2D eigenvalue weighted by Gasteiger charge is -2.67. The second-order valence-electron chi connectivity index (χ2n) is 12.2. The molecule has 2 heterocycles. The van der Waals surface area contributed by atoms with Crippen LogP contribution in [0.2, 0.25) is 0 Å². The molecule has 220 valence electrons. The molecular weight excluding hydrogens is 555 g/mol. The van der Waals surface area contributed by atoms with Crippen molar-refractivity contribution in [3.63, 3.8) is 0 Å². The number of nitrogens with zero attached hydrogens (tertiary/aromatic N) is 6. The van der Waals surface area contributed by atoms with E-state index in [1.54, 1.807) is 65.1 Å². The summed E-state index contributed by atoms with van der Waals surface area (Å²) in [6.07, 6.45) is -6.75. The largest absolute Gasteiger partial charge is 0.464 e. The van der Waals surface area contributed by atoms with Crippen LogP contribution in [-0.2, 0) is 6.54 Å². The maximum Gasteiger partial charge on any atom is 0.436 e. The third-order valence-electron chi connectivity index (χ3n) is 6.08. The number of alkyl halides is 1. The average Bonchev–Trinajstić information content (AvgIpc) is 3.22. The smallest absolute Gasteiger partial charge is 0.436 e. The van der Waals surface area contributed by atoms with Crippen LogP contribution in [0.1, 0.15) is 67.3 Å². The Hall–Kier alpha value is -2.84. The number of rotatable bonds is 4. The highest BCUT2D eigenvalue weighted by atomic mass is 35.5. The van der Waals surface area contributed by atoms with Gasteiger partial charge in [0.1, 0.15) is 10.8 Å². The Balaban J connectivity index is 3.14. The number of imide groups is 1. The van der Waals surface area contributed by atoms with E-state index in [0.29, 0.717) is 5.01 Å². The van der Waals surface area contributed by atoms with Gasteiger partial charge in [0.15, 0.2) is 17.1 Å². The molecule has 2 rings (SSSR count). The van der Waals surface area contributed by atoms with Gasteiger partial charge in [0, 0.05) is 35.1 Å². The first-order valence-corrected chi connectivity index (χ1v) is 13.3. The second-order valence-corrected chi connectivity index (χ2v) is 13.7. The van der Waals surface area contributed by atoms with Crippen molar-refractivity contribution in [2.24, 2.45) is 5.41 Å². The van der Waals surface area contributed by atoms with Crippen molar-refractivity contribution in [3.8, 4) is 0 Å². The van der Waals surface area contributed by atoms with Crippen LogP contribution in [0.3, 0.4) is 0 Å². The summed E-state index contributed by atoms with van der Waals surface area (Å²) in [6, 6.07) is 0. The van der Waals surface area contributed by atoms with E-state index < -0.39 is 56.9 Å². The van der Waals surface area contributed by atoms with E-state index in [9.17, 15) is 29.7 Å². The molecule has 0 aliphatic carbocycles. The molecule has 39 heavy (non-hydrogen) atoms. The second kappa shape index (κ2) is 10.6. The Morgan fingerprint density at radius 1 is 1.03 bits per heavy atom. The minimum atomic E-state index is -2.13. The summed E-state index contributed by atoms with van der Waals surface area (Å²) in [7, 11) is 1.58. The van der Waals surface area contributed by atoms with E-state index in [0.717, 1.165) is 0 Å². The predicted molar refractivity (Wildman–Crippen MR) is 144 cm³/mol. The monoisotopic (exact) mass is 592 g/mol. The molecule has 2 unspecified atom stereocenters. The van der Waals surface area contributed by atoms with Crippen LogP contribution in [-0.4, -0.2) is 92.7 Å². The molecule has 1 aromatic rings. The Morgan fingerprint density at radius 3 is 1.87 bits per heavy atom. The lowest BCUT2D eigenvalue weighted by atomic mass is 9.82. The predicted octanol–water partition coefficient (Wildman–Crippen LogP) is 5.75. The molecule has 0 spiro atoms. The third-order valence-corrected chi connectivity index (χ3v) is 7.77. The summed E-state index contributed by atoms with van der Waals surface area (Å²) >= 11 is 8.96. The van der Waals surface area contributed by atoms with E-state index in [1.165, 1.54) is 21.1 Å². The van der Waals surface area contributed by atoms with E-state index in [1.807, 2.05) is 20.8 Å². The number of halogens is 2. The van der Waals surface area contributed by atoms with Gasteiger partial charge < -0.3 is 25.1 Å². The minimum absolute atomic E-state index is 0.0502. The third kappa shape index (κ3) is 5.87. The van der Waals surface area contributed by atoms with E-state index in [2.05, 4.69) is 4.98 Å². The molecule has 3 amide bonds. The zero-order valence-corrected chi connectivity index (χ0v) is 25.4. The molecule has 0 aromatic carbocycles. The highest BCUT2D eigenvalue weighted by Crippen LogP contribution is 2.56. The number of carbonyl (C=O) groups is 3. The van der Waals surface area contributed by atoms with Crippen LogP contribution in [0.4, 0.5) is 18.8 Å². The van der Waals surface area contributed by atoms with Crippen molar-refractivity contribution >= 4 is 41.2 Å². The Labute approximate surface area is 236 Å². The number of hydrogen-bond donors (Lipinski definition) is 3. The van der Waals surface area contributed by atoms with Crippen molar-refractivity contribution < 1.29 is 34.1 Å². The average molecular weight is 593 g/mol. The number of aromatic nitrogens is 1. The summed E-state index contributed by atoms with van der Waals surface area (Å²) in [4.78, 5) is 45.4. The molecule has 3 N–H and O–H groups in total. The first-order chi connectivity index (χ1) is 17.5. The molecule has 0 bridgehead atoms. The van der Waals surface area contributed by atoms with Gasteiger partial charge in [0.25, 0.3) is 0 Å². The van der Waals surface area contributed by atoms with Crippen LogP contribution in [0.5, 0.6) is 0 Å². The fraction of sp³-hybridized carbons (Fsp3) is 0.667. The number of hydrogen-bond acceptors (Lipinski definition) is 8. The van der Waals surface area contributed by atoms with Crippen LogP contribution in [0.25, 0.3) is 0 Å². The summed E-state index contributed by atoms with van der Waals surface area (Å²) in [6.45, 7) is 15.9. The van der Waals surface area contributed by atoms with Crippen molar-refractivity contribution in [3.05, 3.63) is 28.2 Å². The first-order valence-electron chi connectivity index (χ1n) is 12.1. The van der Waals surface area contributed by atoms with Crippen molar-refractivity contribution in [2.75, 3.05) is 7.05 Å². The highest BCUT2D eigenvalue weighted by Gasteiger charge is 2.65. The summed E-state index contributed by atoms with van der Waals surface area (Å²) in [5, 5.41) is 29.8. The van der Waals surface area contributed by atoms with Gasteiger partial charge in [-0.1, -0.05) is 32.4 Å². The Morgan fingerprint density at radius 2 is 1.54 bits per heavy atom. The summed E-state index contributed by atoms with van der Waals surface area (Å²) in [5.41, 5.74) is -2.96. The zero-order chi connectivity index (χ0) is 30.5. The van der Waals surface area contributed by atoms with Crippen molar-refractivity contribution in [1.82, 2.24) is 29.7 Å². The topological polar surface area (TPSA) is 141 Å². The van der Waals surface area contributed by atoms with Crippen molar-refractivity contribution in [1.29, 1.82) is 0 Å². The van der Waals surface area contributed by atoms with Crippen LogP contribution in [0.15, 0.2) is 23.2 Å². The number of hydrazine groups is 1. The molecule has 15 heteroatoms. The first kappa shape index (κ1) is 32.4. The summed E-state index contributed by atoms with van der Waals surface area (Å²) in [5.74, 6) is -1.23. The van der Waals surface area contributed by atoms with Gasteiger partial charge in [-0.05, 0) is 41.5 Å². The van der Waals surface area contributed by atoms with Gasteiger partial charge in [-0.25, -0.2) is 28.7 Å². The number of thiazole rings is 1. The van der Waals surface area contributed by atoms with Gasteiger partial charge in [0.05, 0.1) is 6.54 Å². The fourth-order valence-corrected chi connectivity index (χ4v) is 6.11. The van der Waals surface area contributed by atoms with Gasteiger partial charge in [0.2, 0.25) is 0 Å². The van der Waals surface area contributed by atoms with Gasteiger partial charge in [-0.15, -0.1) is 16.3 Å². The lowest BCUT2D eigenvalue weighted by molar-refractivity contribution is -0.204. The van der Waals surface area contributed by atoms with Crippen LogP contribution >= 0.6 is 22.9 Å². The standard InChI is InChI=1S/C24H38ClFN6O6S/c1-21(2,3)24(25)31(22(4,5)6)16(28(10)13-14-27-11-12-39-14)15(26)17(32(24)23(7,8)9)29(18(33)34)30(19(35)36)20(37)38/h11-12,17H,13H2,1-10H3,(H,33,34)(H,35,36)(H,37,38). The van der Waals surface area contributed by atoms with E-state index in [-0.39, 0.29) is 17.4 Å². The maximum atomic E-state index is 17.1. The molecular formula is C24H38ClFN6O6S. The molecule has 1 aliphatic heterocycles. The van der Waals surface area contributed by atoms with E-state index in [4.69, 9.17) is 11.6 Å². The molecule has 1 aromatic heterocycles. The Kier molecular flexibility index (Phi) is 8.81. The number of amides is 3. The minimum Gasteiger partial charge on any atom is -0.464 e. The van der Waals surface area contributed by atoms with Gasteiger partial charge in [-0.2, -0.15) is 5.01 Å². The van der Waals surface area contributed by atoms with Gasteiger partial charge in [-0.3, -0.25) is 0 Å². The lowest BCUT2D eigenvalue weighted by Crippen LogP contribution is -2.79. The molecule has 12 nitrogen and oxygen atoms in total. The SMILES string of the molecule is CN(Cc1nccs1)C1=C(F)C(N(C(=O)O)N(C(=O)O)C(=O)O)N(C(C)(C)C)C(Cl)(C(C)(C)C)N1C(C)(C)C. The number of carboxylic acid groups (broad SMARTS) is 3. The molecule has 0 fully saturated rings. The molecule has 0 radical (unpaired) electrons. The van der Waals surface area contributed by atoms with Crippen LogP contribution < -0.4 is 0 Å². The molecule has 0 saturated carbocycles. The molecule has 2 atom stereocenters. The van der Waals surface area contributed by atoms with E-state index >= 15 is 4.39 Å². The molecule has 1 aliphatic rings. The quantitative estimate of drug-likeness (QED) is 0.225. The normalized spacial score (nSPS) is 21.1. The maximum absolute atomic E-state index is 17.1. The Bertz CT molecular complexity index is 1120. The highest BCUT2D eigenvalue weighted by molar-refractivity contribution is 7.09.